The summed E-state index contributed by atoms with van der Waals surface area (Å²) in [5, 5.41) is 3.54. The van der Waals surface area contributed by atoms with Crippen molar-refractivity contribution >= 4 is 6.29 Å². The molecule has 0 unspecified atom stereocenters. The van der Waals surface area contributed by atoms with Crippen LogP contribution in [0.2, 0.25) is 0 Å². The summed E-state index contributed by atoms with van der Waals surface area (Å²) in [5.74, 6) is 0. The lowest BCUT2D eigenvalue weighted by atomic mass is 10.1. The van der Waals surface area contributed by atoms with Crippen molar-refractivity contribution < 1.29 is 4.79 Å². The molecule has 1 N–H and O–H groups in total. The molecule has 0 aromatic heterocycles. The first-order valence-electron chi connectivity index (χ1n) is 10.6. The van der Waals surface area contributed by atoms with Gasteiger partial charge in [-0.25, -0.2) is 0 Å². The Morgan fingerprint density at radius 1 is 0.565 bits per heavy atom. The second kappa shape index (κ2) is 21.6. The van der Waals surface area contributed by atoms with E-state index in [0.717, 1.165) is 25.7 Å². The number of hydrogen-bond acceptors (Lipinski definition) is 2. The summed E-state index contributed by atoms with van der Waals surface area (Å²) >= 11 is 0. The molecule has 0 bridgehead atoms. The minimum Gasteiger partial charge on any atom is -0.317 e. The highest BCUT2D eigenvalue weighted by molar-refractivity contribution is 5.48. The van der Waals surface area contributed by atoms with Gasteiger partial charge >= 0.3 is 0 Å². The van der Waals surface area contributed by atoms with Crippen LogP contribution in [0.15, 0.2) is 0 Å². The first-order valence-corrected chi connectivity index (χ1v) is 10.6. The summed E-state index contributed by atoms with van der Waals surface area (Å²) in [7, 11) is 0. The monoisotopic (exact) mass is 325 g/mol. The van der Waals surface area contributed by atoms with Crippen molar-refractivity contribution in [3.63, 3.8) is 0 Å². The molecule has 0 heterocycles. The number of nitrogens with one attached hydrogen (secondary N) is 1. The van der Waals surface area contributed by atoms with E-state index in [1.54, 1.807) is 0 Å². The van der Waals surface area contributed by atoms with Crippen LogP contribution in [-0.4, -0.2) is 19.4 Å². The van der Waals surface area contributed by atoms with Crippen LogP contribution in [0.1, 0.15) is 116 Å². The van der Waals surface area contributed by atoms with Crippen LogP contribution in [0.4, 0.5) is 0 Å². The van der Waals surface area contributed by atoms with Gasteiger partial charge in [-0.05, 0) is 32.4 Å². The van der Waals surface area contributed by atoms with Crippen molar-refractivity contribution in [1.29, 1.82) is 0 Å². The highest BCUT2D eigenvalue weighted by atomic mass is 16.1. The summed E-state index contributed by atoms with van der Waals surface area (Å²) < 4.78 is 0. The summed E-state index contributed by atoms with van der Waals surface area (Å²) in [6.07, 6.45) is 23.7. The molecule has 23 heavy (non-hydrogen) atoms. The molecule has 0 aromatic rings. The number of hydrogen-bond donors (Lipinski definition) is 1. The molecule has 0 radical (unpaired) electrons. The van der Waals surface area contributed by atoms with E-state index in [4.69, 9.17) is 0 Å². The topological polar surface area (TPSA) is 29.1 Å². The average Bonchev–Trinajstić information content (AvgIpc) is 2.57. The molecule has 0 rings (SSSR count). The molecule has 0 saturated carbocycles. The van der Waals surface area contributed by atoms with Gasteiger partial charge in [0.15, 0.2) is 0 Å². The Bertz CT molecular complexity index is 218. The molecule has 2 heteroatoms. The van der Waals surface area contributed by atoms with Crippen LogP contribution in [0.25, 0.3) is 0 Å². The summed E-state index contributed by atoms with van der Waals surface area (Å²) in [6.45, 7) is 4.62. The molecule has 0 aromatic carbocycles. The third-order valence-electron chi connectivity index (χ3n) is 4.63. The molecule has 0 amide bonds. The number of carbonyl (C=O) groups is 1. The van der Waals surface area contributed by atoms with Gasteiger partial charge in [0, 0.05) is 6.42 Å². The van der Waals surface area contributed by atoms with Crippen LogP contribution < -0.4 is 5.32 Å². The van der Waals surface area contributed by atoms with E-state index in [9.17, 15) is 4.79 Å². The van der Waals surface area contributed by atoms with Gasteiger partial charge in [-0.3, -0.25) is 0 Å². The Balaban J connectivity index is 2.93. The summed E-state index contributed by atoms with van der Waals surface area (Å²) in [4.78, 5) is 10.2. The Morgan fingerprint density at radius 2 is 0.957 bits per heavy atom. The number of carbonyl (C=O) groups excluding carboxylic acids is 1. The predicted molar refractivity (Wildman–Crippen MR) is 103 cm³/mol. The largest absolute Gasteiger partial charge is 0.317 e. The maximum atomic E-state index is 10.2. The van der Waals surface area contributed by atoms with Gasteiger partial charge in [-0.15, -0.1) is 0 Å². The van der Waals surface area contributed by atoms with Crippen molar-refractivity contribution in [3.05, 3.63) is 0 Å². The third-order valence-corrected chi connectivity index (χ3v) is 4.63. The SMILES string of the molecule is CCCCCCCCCCCCCCNCCCCCCC=O. The third kappa shape index (κ3) is 21.6. The van der Waals surface area contributed by atoms with E-state index in [1.807, 2.05) is 0 Å². The molecule has 2 nitrogen and oxygen atoms in total. The maximum Gasteiger partial charge on any atom is 0.119 e. The summed E-state index contributed by atoms with van der Waals surface area (Å²) in [5.41, 5.74) is 0. The van der Waals surface area contributed by atoms with Crippen LogP contribution in [-0.2, 0) is 4.79 Å². The fourth-order valence-corrected chi connectivity index (χ4v) is 3.05. The van der Waals surface area contributed by atoms with Gasteiger partial charge in [0.2, 0.25) is 0 Å². The first-order chi connectivity index (χ1) is 11.4. The highest BCUT2D eigenvalue weighted by Crippen LogP contribution is 2.11. The molecule has 0 fully saturated rings. The standard InChI is InChI=1S/C21H43NO/c1-2-3-4-5-6-7-8-9-10-11-13-16-19-22-20-17-14-12-15-18-21-23/h21-22H,2-20H2,1H3. The molecule has 138 valence electrons. The maximum absolute atomic E-state index is 10.2. The van der Waals surface area contributed by atoms with Gasteiger partial charge < -0.3 is 10.1 Å². The van der Waals surface area contributed by atoms with Crippen molar-refractivity contribution in [1.82, 2.24) is 5.32 Å². The Kier molecular flexibility index (Phi) is 21.3. The molecule has 0 aliphatic rings. The second-order valence-corrected chi connectivity index (χ2v) is 7.01. The Labute approximate surface area is 146 Å². The van der Waals surface area contributed by atoms with Crippen molar-refractivity contribution in [3.8, 4) is 0 Å². The molecular formula is C21H43NO. The minimum atomic E-state index is 0.742. The lowest BCUT2D eigenvalue weighted by Crippen LogP contribution is -2.16. The quantitative estimate of drug-likeness (QED) is 0.206. The van der Waals surface area contributed by atoms with Gasteiger partial charge in [0.1, 0.15) is 6.29 Å². The van der Waals surface area contributed by atoms with Crippen LogP contribution in [0.5, 0.6) is 0 Å². The minimum absolute atomic E-state index is 0.742. The van der Waals surface area contributed by atoms with Gasteiger partial charge in [0.05, 0.1) is 0 Å². The molecule has 0 atom stereocenters. The van der Waals surface area contributed by atoms with Crippen LogP contribution >= 0.6 is 0 Å². The molecule has 0 aliphatic heterocycles. The van der Waals surface area contributed by atoms with Crippen LogP contribution in [0.3, 0.4) is 0 Å². The van der Waals surface area contributed by atoms with E-state index >= 15 is 0 Å². The lowest BCUT2D eigenvalue weighted by molar-refractivity contribution is -0.107. The van der Waals surface area contributed by atoms with E-state index in [0.29, 0.717) is 0 Å². The van der Waals surface area contributed by atoms with E-state index in [-0.39, 0.29) is 0 Å². The number of unbranched alkanes of at least 4 members (excludes halogenated alkanes) is 15. The summed E-state index contributed by atoms with van der Waals surface area (Å²) in [6, 6.07) is 0. The van der Waals surface area contributed by atoms with E-state index in [1.165, 1.54) is 103 Å². The van der Waals surface area contributed by atoms with Gasteiger partial charge in [-0.2, -0.15) is 0 Å². The normalized spacial score (nSPS) is 11.0. The zero-order valence-corrected chi connectivity index (χ0v) is 15.9. The van der Waals surface area contributed by atoms with Gasteiger partial charge in [-0.1, -0.05) is 90.4 Å². The van der Waals surface area contributed by atoms with Crippen LogP contribution in [0, 0.1) is 0 Å². The Hall–Kier alpha value is -0.370. The zero-order valence-electron chi connectivity index (χ0n) is 15.9. The molecular weight excluding hydrogens is 282 g/mol. The van der Waals surface area contributed by atoms with Gasteiger partial charge in [0.25, 0.3) is 0 Å². The zero-order chi connectivity index (χ0) is 16.8. The lowest BCUT2D eigenvalue weighted by Gasteiger charge is -2.05. The molecule has 0 aliphatic carbocycles. The fourth-order valence-electron chi connectivity index (χ4n) is 3.05. The fraction of sp³-hybridized carbons (Fsp3) is 0.952. The van der Waals surface area contributed by atoms with E-state index in [2.05, 4.69) is 12.2 Å². The Morgan fingerprint density at radius 3 is 1.39 bits per heavy atom. The number of aldehydes is 1. The van der Waals surface area contributed by atoms with Crippen molar-refractivity contribution in [2.24, 2.45) is 0 Å². The predicted octanol–water partition coefficient (Wildman–Crippen LogP) is 6.43. The van der Waals surface area contributed by atoms with Crippen molar-refractivity contribution in [2.45, 2.75) is 116 Å². The first kappa shape index (κ1) is 22.6. The smallest absolute Gasteiger partial charge is 0.119 e. The molecule has 0 saturated heterocycles. The van der Waals surface area contributed by atoms with Crippen molar-refractivity contribution in [2.75, 3.05) is 13.1 Å². The molecule has 0 spiro atoms. The second-order valence-electron chi connectivity index (χ2n) is 7.01. The average molecular weight is 326 g/mol. The number of rotatable bonds is 20. The van der Waals surface area contributed by atoms with E-state index < -0.39 is 0 Å². The highest BCUT2D eigenvalue weighted by Gasteiger charge is 1.94.